The summed E-state index contributed by atoms with van der Waals surface area (Å²) >= 11 is 1.39. The van der Waals surface area contributed by atoms with E-state index < -0.39 is 0 Å². The zero-order valence-electron chi connectivity index (χ0n) is 17.6. The minimum atomic E-state index is -0.376. The lowest BCUT2D eigenvalue weighted by Gasteiger charge is -2.16. The SMILES string of the molecule is CC(C)n1cc(CN2CCC(c3c(C(N)=O)sc4ncccc34)C2)c2ccc(F)cc21. The van der Waals surface area contributed by atoms with Crippen molar-refractivity contribution in [2.24, 2.45) is 5.73 Å². The second kappa shape index (κ2) is 7.73. The number of benzene rings is 1. The average molecular weight is 437 g/mol. The van der Waals surface area contributed by atoms with Crippen LogP contribution >= 0.6 is 11.3 Å². The number of nitrogens with zero attached hydrogens (tertiary/aromatic N) is 3. The molecule has 2 N–H and O–H groups in total. The van der Waals surface area contributed by atoms with E-state index in [0.717, 1.165) is 52.7 Å². The zero-order chi connectivity index (χ0) is 21.7. The smallest absolute Gasteiger partial charge is 0.259 e. The summed E-state index contributed by atoms with van der Waals surface area (Å²) in [5.74, 6) is -0.341. The number of aromatic nitrogens is 2. The molecule has 4 heterocycles. The lowest BCUT2D eigenvalue weighted by atomic mass is 9.95. The van der Waals surface area contributed by atoms with E-state index in [9.17, 15) is 9.18 Å². The summed E-state index contributed by atoms with van der Waals surface area (Å²) in [6.45, 7) is 6.82. The van der Waals surface area contributed by atoms with Crippen molar-refractivity contribution in [2.75, 3.05) is 13.1 Å². The normalized spacial score (nSPS) is 17.4. The Balaban J connectivity index is 1.45. The van der Waals surface area contributed by atoms with Gasteiger partial charge in [0.2, 0.25) is 0 Å². The van der Waals surface area contributed by atoms with Crippen molar-refractivity contribution in [3.63, 3.8) is 0 Å². The molecule has 5 nitrogen and oxygen atoms in total. The molecule has 4 aromatic rings. The minimum absolute atomic E-state index is 0.211. The molecule has 1 amide bonds. The van der Waals surface area contributed by atoms with Crippen molar-refractivity contribution in [2.45, 2.75) is 38.8 Å². The van der Waals surface area contributed by atoms with Crippen LogP contribution in [0.3, 0.4) is 0 Å². The Morgan fingerprint density at radius 1 is 1.32 bits per heavy atom. The number of hydrogen-bond donors (Lipinski definition) is 1. The van der Waals surface area contributed by atoms with Crippen molar-refractivity contribution in [3.8, 4) is 0 Å². The highest BCUT2D eigenvalue weighted by atomic mass is 32.1. The summed E-state index contributed by atoms with van der Waals surface area (Å²) in [5.41, 5.74) is 8.90. The van der Waals surface area contributed by atoms with Crippen LogP contribution in [0.1, 0.15) is 53.0 Å². The van der Waals surface area contributed by atoms with Crippen LogP contribution in [0.25, 0.3) is 21.1 Å². The molecule has 5 rings (SSSR count). The fourth-order valence-corrected chi connectivity index (χ4v) is 5.92. The number of amides is 1. The molecule has 0 saturated carbocycles. The molecular formula is C24H25FN4OS. The van der Waals surface area contributed by atoms with Crippen LogP contribution in [0.4, 0.5) is 4.39 Å². The van der Waals surface area contributed by atoms with E-state index >= 15 is 0 Å². The van der Waals surface area contributed by atoms with Crippen LogP contribution in [0.2, 0.25) is 0 Å². The molecule has 1 atom stereocenters. The molecule has 1 aliphatic heterocycles. The lowest BCUT2D eigenvalue weighted by molar-refractivity contribution is 0.100. The number of halogens is 1. The number of thiophene rings is 1. The van der Waals surface area contributed by atoms with E-state index in [2.05, 4.69) is 34.5 Å². The van der Waals surface area contributed by atoms with E-state index in [1.807, 2.05) is 18.2 Å². The Bertz CT molecular complexity index is 1290. The van der Waals surface area contributed by atoms with Gasteiger partial charge in [0.1, 0.15) is 10.6 Å². The Morgan fingerprint density at radius 2 is 2.16 bits per heavy atom. The number of fused-ring (bicyclic) bond motifs is 2. The summed E-state index contributed by atoms with van der Waals surface area (Å²) in [6, 6.07) is 9.24. The molecule has 1 fully saturated rings. The lowest BCUT2D eigenvalue weighted by Crippen LogP contribution is -2.20. The number of pyridine rings is 1. The van der Waals surface area contributed by atoms with Crippen LogP contribution in [0, 0.1) is 5.82 Å². The largest absolute Gasteiger partial charge is 0.365 e. The van der Waals surface area contributed by atoms with Crippen LogP contribution in [0.5, 0.6) is 0 Å². The van der Waals surface area contributed by atoms with Gasteiger partial charge in [-0.3, -0.25) is 9.69 Å². The molecule has 31 heavy (non-hydrogen) atoms. The van der Waals surface area contributed by atoms with Gasteiger partial charge >= 0.3 is 0 Å². The summed E-state index contributed by atoms with van der Waals surface area (Å²) in [6.07, 6.45) is 4.88. The highest BCUT2D eigenvalue weighted by Gasteiger charge is 2.30. The van der Waals surface area contributed by atoms with E-state index in [4.69, 9.17) is 5.73 Å². The molecule has 7 heteroatoms. The molecule has 1 saturated heterocycles. The maximum Gasteiger partial charge on any atom is 0.259 e. The monoisotopic (exact) mass is 436 g/mol. The van der Waals surface area contributed by atoms with Crippen molar-refractivity contribution >= 4 is 38.4 Å². The molecular weight excluding hydrogens is 411 g/mol. The first kappa shape index (κ1) is 20.2. The number of nitrogens with two attached hydrogens (primary N) is 1. The molecule has 1 unspecified atom stereocenters. The van der Waals surface area contributed by atoms with Gasteiger partial charge in [-0.05, 0) is 62.2 Å². The maximum absolute atomic E-state index is 13.9. The van der Waals surface area contributed by atoms with E-state index in [1.165, 1.54) is 23.0 Å². The van der Waals surface area contributed by atoms with E-state index in [1.54, 1.807) is 12.3 Å². The number of carbonyl (C=O) groups excluding carboxylic acids is 1. The van der Waals surface area contributed by atoms with Gasteiger partial charge in [0.15, 0.2) is 0 Å². The number of carbonyl (C=O) groups is 1. The van der Waals surface area contributed by atoms with Gasteiger partial charge in [-0.15, -0.1) is 11.3 Å². The molecule has 1 aliphatic rings. The van der Waals surface area contributed by atoms with Crippen molar-refractivity contribution in [1.82, 2.24) is 14.5 Å². The number of rotatable bonds is 5. The second-order valence-corrected chi connectivity index (χ2v) is 9.60. The molecule has 0 spiro atoms. The van der Waals surface area contributed by atoms with Crippen molar-refractivity contribution in [1.29, 1.82) is 0 Å². The summed E-state index contributed by atoms with van der Waals surface area (Å²) in [7, 11) is 0. The first-order valence-electron chi connectivity index (χ1n) is 10.6. The van der Waals surface area contributed by atoms with Crippen LogP contribution in [0.15, 0.2) is 42.7 Å². The van der Waals surface area contributed by atoms with Gasteiger partial charge in [0, 0.05) is 48.2 Å². The van der Waals surface area contributed by atoms with Gasteiger partial charge in [0.05, 0.1) is 10.4 Å². The first-order valence-corrected chi connectivity index (χ1v) is 11.4. The summed E-state index contributed by atoms with van der Waals surface area (Å²) in [4.78, 5) is 20.5. The Hall–Kier alpha value is -2.77. The third-order valence-electron chi connectivity index (χ3n) is 6.24. The summed E-state index contributed by atoms with van der Waals surface area (Å²) < 4.78 is 16.0. The average Bonchev–Trinajstić information content (AvgIpc) is 3.43. The summed E-state index contributed by atoms with van der Waals surface area (Å²) in [5, 5.41) is 2.14. The zero-order valence-corrected chi connectivity index (χ0v) is 18.5. The Morgan fingerprint density at radius 3 is 2.94 bits per heavy atom. The van der Waals surface area contributed by atoms with E-state index in [0.29, 0.717) is 4.88 Å². The highest BCUT2D eigenvalue weighted by Crippen LogP contribution is 2.39. The quantitative estimate of drug-likeness (QED) is 0.476. The molecule has 0 bridgehead atoms. The van der Waals surface area contributed by atoms with Crippen molar-refractivity contribution < 1.29 is 9.18 Å². The molecule has 160 valence electrons. The minimum Gasteiger partial charge on any atom is -0.365 e. The second-order valence-electron chi connectivity index (χ2n) is 8.60. The predicted octanol–water partition coefficient (Wildman–Crippen LogP) is 5.06. The third kappa shape index (κ3) is 3.51. The van der Waals surface area contributed by atoms with Crippen LogP contribution in [-0.4, -0.2) is 33.4 Å². The van der Waals surface area contributed by atoms with Crippen LogP contribution < -0.4 is 5.73 Å². The number of hydrogen-bond acceptors (Lipinski definition) is 4. The Kier molecular flexibility index (Phi) is 5.02. The fourth-order valence-electron chi connectivity index (χ4n) is 4.84. The number of likely N-dealkylation sites (tertiary alicyclic amines) is 1. The highest BCUT2D eigenvalue weighted by molar-refractivity contribution is 7.20. The van der Waals surface area contributed by atoms with Gasteiger partial charge in [-0.25, -0.2) is 9.37 Å². The van der Waals surface area contributed by atoms with Gasteiger partial charge < -0.3 is 10.3 Å². The molecule has 0 radical (unpaired) electrons. The molecule has 0 aliphatic carbocycles. The first-order chi connectivity index (χ1) is 14.9. The van der Waals surface area contributed by atoms with Gasteiger partial charge in [0.25, 0.3) is 5.91 Å². The van der Waals surface area contributed by atoms with Crippen LogP contribution in [-0.2, 0) is 6.54 Å². The predicted molar refractivity (Wildman–Crippen MR) is 123 cm³/mol. The Labute approximate surface area is 184 Å². The third-order valence-corrected chi connectivity index (χ3v) is 7.38. The number of primary amides is 1. The van der Waals surface area contributed by atoms with Crippen molar-refractivity contribution in [3.05, 3.63) is 64.5 Å². The van der Waals surface area contributed by atoms with Gasteiger partial charge in [-0.1, -0.05) is 6.07 Å². The standard InChI is InChI=1S/C24H25FN4OS/c1-14(2)29-13-16(18-6-5-17(25)10-20(18)29)12-28-9-7-15(11-28)21-19-4-3-8-27-24(19)31-22(21)23(26)30/h3-6,8,10,13-15H,7,9,11-12H2,1-2H3,(H2,26,30). The maximum atomic E-state index is 13.9. The van der Waals surface area contributed by atoms with Gasteiger partial charge in [-0.2, -0.15) is 0 Å². The topological polar surface area (TPSA) is 64.2 Å². The molecule has 3 aromatic heterocycles. The fraction of sp³-hybridized carbons (Fsp3) is 0.333. The van der Waals surface area contributed by atoms with E-state index in [-0.39, 0.29) is 23.7 Å². The molecule has 1 aromatic carbocycles.